The van der Waals surface area contributed by atoms with Gasteiger partial charge in [0.15, 0.2) is 0 Å². The van der Waals surface area contributed by atoms with Crippen LogP contribution >= 0.6 is 0 Å². The molecule has 0 saturated carbocycles. The van der Waals surface area contributed by atoms with Gasteiger partial charge in [-0.25, -0.2) is 0 Å². The van der Waals surface area contributed by atoms with Gasteiger partial charge in [0.05, 0.1) is 0 Å². The Morgan fingerprint density at radius 1 is 1.04 bits per heavy atom. The van der Waals surface area contributed by atoms with Crippen molar-refractivity contribution in [2.75, 3.05) is 0 Å². The van der Waals surface area contributed by atoms with Gasteiger partial charge in [0, 0.05) is 0 Å². The van der Waals surface area contributed by atoms with E-state index < -0.39 is 8.32 Å². The van der Waals surface area contributed by atoms with Gasteiger partial charge in [0.25, 0.3) is 8.32 Å². The number of terminal acetylenes is 1. The SMILES string of the molecule is C#C[C@H](CCCC=C)O[Si](c1ccccc1)(c1ccccc1)C(C)(C)C. The van der Waals surface area contributed by atoms with E-state index in [1.54, 1.807) is 0 Å². The lowest BCUT2D eigenvalue weighted by molar-refractivity contribution is 0.229. The quantitative estimate of drug-likeness (QED) is 0.280. The number of benzene rings is 2. The molecular formula is C24H30OSi. The highest BCUT2D eigenvalue weighted by molar-refractivity contribution is 6.99. The molecule has 0 amide bonds. The number of hydrogen-bond donors (Lipinski definition) is 0. The lowest BCUT2D eigenvalue weighted by Gasteiger charge is -2.44. The Labute approximate surface area is 160 Å². The first kappa shape index (κ1) is 20.2. The minimum Gasteiger partial charge on any atom is -0.394 e. The second kappa shape index (κ2) is 9.03. The highest BCUT2D eigenvalue weighted by Gasteiger charge is 2.51. The van der Waals surface area contributed by atoms with Gasteiger partial charge in [0.1, 0.15) is 6.10 Å². The Kier molecular flexibility index (Phi) is 7.03. The summed E-state index contributed by atoms with van der Waals surface area (Å²) in [7, 11) is -2.56. The smallest absolute Gasteiger partial charge is 0.262 e. The van der Waals surface area contributed by atoms with Crippen LogP contribution in [0, 0.1) is 12.3 Å². The molecule has 2 aromatic rings. The molecular weight excluding hydrogens is 332 g/mol. The summed E-state index contributed by atoms with van der Waals surface area (Å²) in [6, 6.07) is 21.3. The minimum atomic E-state index is -2.56. The van der Waals surface area contributed by atoms with Crippen LogP contribution in [0.15, 0.2) is 73.3 Å². The Balaban J connectivity index is 2.57. The zero-order valence-electron chi connectivity index (χ0n) is 16.2. The maximum absolute atomic E-state index is 6.94. The summed E-state index contributed by atoms with van der Waals surface area (Å²) in [6.45, 7) is 10.6. The van der Waals surface area contributed by atoms with Gasteiger partial charge >= 0.3 is 0 Å². The second-order valence-corrected chi connectivity index (χ2v) is 11.9. The van der Waals surface area contributed by atoms with Gasteiger partial charge in [-0.3, -0.25) is 0 Å². The van der Waals surface area contributed by atoms with Gasteiger partial charge in [-0.1, -0.05) is 93.4 Å². The van der Waals surface area contributed by atoms with Crippen LogP contribution in [0.3, 0.4) is 0 Å². The van der Waals surface area contributed by atoms with Crippen molar-refractivity contribution in [3.05, 3.63) is 73.3 Å². The molecule has 0 bridgehead atoms. The minimum absolute atomic E-state index is 0.0523. The molecule has 0 heterocycles. The average Bonchev–Trinajstić information content (AvgIpc) is 2.65. The van der Waals surface area contributed by atoms with Crippen LogP contribution in [-0.4, -0.2) is 14.4 Å². The molecule has 1 nitrogen and oxygen atoms in total. The van der Waals surface area contributed by atoms with E-state index in [0.717, 1.165) is 19.3 Å². The average molecular weight is 363 g/mol. The fraction of sp³-hybridized carbons (Fsp3) is 0.333. The van der Waals surface area contributed by atoms with E-state index in [1.807, 2.05) is 6.08 Å². The molecule has 0 fully saturated rings. The highest BCUT2D eigenvalue weighted by atomic mass is 28.4. The van der Waals surface area contributed by atoms with E-state index in [9.17, 15) is 0 Å². The molecule has 0 aliphatic heterocycles. The fourth-order valence-corrected chi connectivity index (χ4v) is 8.16. The number of unbranched alkanes of at least 4 members (excludes halogenated alkanes) is 1. The number of allylic oxidation sites excluding steroid dienone is 1. The van der Waals surface area contributed by atoms with Gasteiger partial charge in [-0.05, 0) is 34.7 Å². The third-order valence-electron chi connectivity index (χ3n) is 4.80. The molecule has 2 aromatic carbocycles. The first-order valence-corrected chi connectivity index (χ1v) is 11.2. The number of rotatable bonds is 8. The third-order valence-corrected chi connectivity index (χ3v) is 9.84. The summed E-state index contributed by atoms with van der Waals surface area (Å²) in [5, 5.41) is 2.48. The van der Waals surface area contributed by atoms with Gasteiger partial charge in [0.2, 0.25) is 0 Å². The lowest BCUT2D eigenvalue weighted by Crippen LogP contribution is -2.67. The molecule has 2 rings (SSSR count). The van der Waals surface area contributed by atoms with Crippen molar-refractivity contribution in [3.8, 4) is 12.3 Å². The summed E-state index contributed by atoms with van der Waals surface area (Å²) in [5.41, 5.74) is 0. The fourth-order valence-electron chi connectivity index (χ4n) is 3.53. The van der Waals surface area contributed by atoms with Crippen LogP contribution in [0.4, 0.5) is 0 Å². The second-order valence-electron chi connectivity index (χ2n) is 7.66. The molecule has 1 atom stereocenters. The highest BCUT2D eigenvalue weighted by Crippen LogP contribution is 2.37. The van der Waals surface area contributed by atoms with Crippen LogP contribution < -0.4 is 10.4 Å². The standard InChI is InChI=1S/C24H30OSi/c1-6-8-11-16-21(7-2)25-26(24(3,4)5,22-17-12-9-13-18-22)23-19-14-10-15-20-23/h2,6,9-10,12-15,17-21H,1,8,11,16H2,3-5H3/t21-/m1/s1. The molecule has 0 aliphatic carbocycles. The maximum atomic E-state index is 6.94. The van der Waals surface area contributed by atoms with Crippen molar-refractivity contribution in [1.29, 1.82) is 0 Å². The monoisotopic (exact) mass is 362 g/mol. The molecule has 0 unspecified atom stereocenters. The zero-order valence-corrected chi connectivity index (χ0v) is 17.2. The van der Waals surface area contributed by atoms with E-state index in [2.05, 4.69) is 93.9 Å². The maximum Gasteiger partial charge on any atom is 0.262 e. The molecule has 0 aliphatic rings. The molecule has 0 aromatic heterocycles. The summed E-state index contributed by atoms with van der Waals surface area (Å²) in [6.07, 6.45) is 10.4. The Bertz CT molecular complexity index is 683. The van der Waals surface area contributed by atoms with Crippen LogP contribution in [-0.2, 0) is 4.43 Å². The topological polar surface area (TPSA) is 9.23 Å². The molecule has 0 radical (unpaired) electrons. The van der Waals surface area contributed by atoms with Crippen LogP contribution in [0.25, 0.3) is 0 Å². The van der Waals surface area contributed by atoms with Crippen molar-refractivity contribution in [1.82, 2.24) is 0 Å². The number of hydrogen-bond acceptors (Lipinski definition) is 1. The summed E-state index contributed by atoms with van der Waals surface area (Å²) < 4.78 is 6.94. The zero-order chi connectivity index (χ0) is 19.0. The normalized spacial score (nSPS) is 13.0. The van der Waals surface area contributed by atoms with Crippen LogP contribution in [0.1, 0.15) is 40.0 Å². The van der Waals surface area contributed by atoms with Crippen molar-refractivity contribution in [2.45, 2.75) is 51.2 Å². The van der Waals surface area contributed by atoms with E-state index >= 15 is 0 Å². The molecule has 0 spiro atoms. The first-order valence-electron chi connectivity index (χ1n) is 9.31. The summed E-state index contributed by atoms with van der Waals surface area (Å²) in [5.74, 6) is 2.91. The predicted molar refractivity (Wildman–Crippen MR) is 115 cm³/mol. The van der Waals surface area contributed by atoms with Crippen LogP contribution in [0.5, 0.6) is 0 Å². The van der Waals surface area contributed by atoms with E-state index in [-0.39, 0.29) is 11.1 Å². The van der Waals surface area contributed by atoms with Gasteiger partial charge < -0.3 is 4.43 Å². The van der Waals surface area contributed by atoms with E-state index in [0.29, 0.717) is 0 Å². The van der Waals surface area contributed by atoms with E-state index in [1.165, 1.54) is 10.4 Å². The molecule has 0 N–H and O–H groups in total. The van der Waals surface area contributed by atoms with E-state index in [4.69, 9.17) is 10.8 Å². The predicted octanol–water partition coefficient (Wildman–Crippen LogP) is 4.92. The largest absolute Gasteiger partial charge is 0.394 e. The van der Waals surface area contributed by atoms with Crippen molar-refractivity contribution >= 4 is 18.7 Å². The Hall–Kier alpha value is -2.08. The molecule has 0 saturated heterocycles. The summed E-state index contributed by atoms with van der Waals surface area (Å²) >= 11 is 0. The molecule has 136 valence electrons. The lowest BCUT2D eigenvalue weighted by atomic mass is 10.1. The van der Waals surface area contributed by atoms with Crippen molar-refractivity contribution < 1.29 is 4.43 Å². The van der Waals surface area contributed by atoms with Crippen molar-refractivity contribution in [3.63, 3.8) is 0 Å². The third kappa shape index (κ3) is 4.36. The molecule has 2 heteroatoms. The first-order chi connectivity index (χ1) is 12.5. The van der Waals surface area contributed by atoms with Gasteiger partial charge in [-0.15, -0.1) is 13.0 Å². The van der Waals surface area contributed by atoms with Crippen molar-refractivity contribution in [2.24, 2.45) is 0 Å². The Morgan fingerprint density at radius 3 is 1.92 bits per heavy atom. The summed E-state index contributed by atoms with van der Waals surface area (Å²) in [4.78, 5) is 0. The van der Waals surface area contributed by atoms with Crippen LogP contribution in [0.2, 0.25) is 5.04 Å². The van der Waals surface area contributed by atoms with Gasteiger partial charge in [-0.2, -0.15) is 0 Å². The molecule has 26 heavy (non-hydrogen) atoms. The Morgan fingerprint density at radius 2 is 1.54 bits per heavy atom.